The number of hydrogen-bond acceptors (Lipinski definition) is 7. The average molecular weight is 522 g/mol. The summed E-state index contributed by atoms with van der Waals surface area (Å²) in [4.78, 5) is 32.4. The molecule has 0 spiro atoms. The van der Waals surface area contributed by atoms with Gasteiger partial charge in [0.25, 0.3) is 5.91 Å². The lowest BCUT2D eigenvalue weighted by molar-refractivity contribution is -0.117. The van der Waals surface area contributed by atoms with Crippen molar-refractivity contribution in [2.75, 3.05) is 23.7 Å². The Labute approximate surface area is 224 Å². The summed E-state index contributed by atoms with van der Waals surface area (Å²) in [5.41, 5.74) is 6.60. The highest BCUT2D eigenvalue weighted by molar-refractivity contribution is 6.03. The zero-order chi connectivity index (χ0) is 26.9. The molecular weight excluding hydrogens is 494 g/mol. The minimum absolute atomic E-state index is 0.134. The maximum absolute atomic E-state index is 13.1. The third kappa shape index (κ3) is 5.12. The number of rotatable bonds is 6. The number of pyridine rings is 2. The maximum Gasteiger partial charge on any atom is 0.294 e. The summed E-state index contributed by atoms with van der Waals surface area (Å²) in [6, 6.07) is 13.8. The average Bonchev–Trinajstić information content (AvgIpc) is 3.56. The van der Waals surface area contributed by atoms with E-state index < -0.39 is 5.91 Å². The van der Waals surface area contributed by atoms with Gasteiger partial charge in [-0.3, -0.25) is 28.6 Å². The second kappa shape index (κ2) is 10.1. The van der Waals surface area contributed by atoms with Crippen molar-refractivity contribution in [2.45, 2.75) is 19.9 Å². The number of amides is 2. The van der Waals surface area contributed by atoms with Gasteiger partial charge < -0.3 is 10.6 Å². The Morgan fingerprint density at radius 2 is 1.85 bits per heavy atom. The fraction of sp³-hybridized carbons (Fsp3) is 0.214. The highest BCUT2D eigenvalue weighted by atomic mass is 16.2. The van der Waals surface area contributed by atoms with Crippen LogP contribution in [0.25, 0.3) is 16.8 Å². The molecule has 11 nitrogen and oxygen atoms in total. The first-order valence-electron chi connectivity index (χ1n) is 12.6. The van der Waals surface area contributed by atoms with Gasteiger partial charge in [-0.2, -0.15) is 5.10 Å². The van der Waals surface area contributed by atoms with E-state index in [9.17, 15) is 9.59 Å². The van der Waals surface area contributed by atoms with E-state index in [-0.39, 0.29) is 18.3 Å². The Morgan fingerprint density at radius 3 is 2.67 bits per heavy atom. The third-order valence-corrected chi connectivity index (χ3v) is 6.85. The number of nitrogens with zero attached hydrogens (tertiary/aromatic N) is 7. The topological polar surface area (TPSA) is 122 Å². The van der Waals surface area contributed by atoms with Gasteiger partial charge in [-0.25, -0.2) is 0 Å². The predicted molar refractivity (Wildman–Crippen MR) is 146 cm³/mol. The van der Waals surface area contributed by atoms with Gasteiger partial charge in [0.05, 0.1) is 36.0 Å². The molecule has 196 valence electrons. The number of fused-ring (bicyclic) bond motifs is 2. The standard InChI is InChI=1S/C28H27N9O2/c1-18-24(12-23(14-29-18)31-26(38)17-36-9-7-19-5-3-4-6-21(19)16-36)32-28(39)27-34-33-25-11-20(8-10-37(25)27)22-13-30-35(2)15-22/h3-6,8,10-15H,7,9,16-17H2,1-2H3,(H,31,38)(H,32,39). The quantitative estimate of drug-likeness (QED) is 0.352. The van der Waals surface area contributed by atoms with Crippen molar-refractivity contribution >= 4 is 28.8 Å². The van der Waals surface area contributed by atoms with Gasteiger partial charge in [0.15, 0.2) is 5.65 Å². The zero-order valence-corrected chi connectivity index (χ0v) is 21.6. The van der Waals surface area contributed by atoms with E-state index in [0.29, 0.717) is 22.7 Å². The number of nitrogens with one attached hydrogen (secondary N) is 2. The normalized spacial score (nSPS) is 13.3. The number of hydrogen-bond donors (Lipinski definition) is 2. The van der Waals surface area contributed by atoms with Crippen molar-refractivity contribution in [3.63, 3.8) is 0 Å². The highest BCUT2D eigenvalue weighted by Gasteiger charge is 2.20. The molecule has 11 heteroatoms. The lowest BCUT2D eigenvalue weighted by atomic mass is 10.00. The van der Waals surface area contributed by atoms with Crippen LogP contribution < -0.4 is 10.6 Å². The highest BCUT2D eigenvalue weighted by Crippen LogP contribution is 2.22. The largest absolute Gasteiger partial charge is 0.324 e. The molecule has 0 bridgehead atoms. The molecule has 0 atom stereocenters. The van der Waals surface area contributed by atoms with Crippen LogP contribution in [0.1, 0.15) is 27.4 Å². The van der Waals surface area contributed by atoms with Crippen molar-refractivity contribution in [2.24, 2.45) is 7.05 Å². The van der Waals surface area contributed by atoms with E-state index in [1.165, 1.54) is 11.1 Å². The van der Waals surface area contributed by atoms with Crippen molar-refractivity contribution in [1.82, 2.24) is 34.3 Å². The van der Waals surface area contributed by atoms with Gasteiger partial charge in [-0.1, -0.05) is 24.3 Å². The molecule has 0 radical (unpaired) electrons. The van der Waals surface area contributed by atoms with E-state index in [1.54, 1.807) is 40.7 Å². The van der Waals surface area contributed by atoms with Crippen LogP contribution >= 0.6 is 0 Å². The maximum atomic E-state index is 13.1. The molecule has 5 heterocycles. The van der Waals surface area contributed by atoms with E-state index in [2.05, 4.69) is 47.9 Å². The van der Waals surface area contributed by atoms with Crippen molar-refractivity contribution < 1.29 is 9.59 Å². The Bertz CT molecular complexity index is 1700. The van der Waals surface area contributed by atoms with Crippen LogP contribution in [0.4, 0.5) is 11.4 Å². The van der Waals surface area contributed by atoms with Crippen LogP contribution in [0.5, 0.6) is 0 Å². The molecule has 6 rings (SSSR count). The fourth-order valence-electron chi connectivity index (χ4n) is 4.79. The van der Waals surface area contributed by atoms with Gasteiger partial charge in [-0.05, 0) is 48.2 Å². The molecule has 2 amide bonds. The van der Waals surface area contributed by atoms with Crippen LogP contribution in [0, 0.1) is 6.92 Å². The second-order valence-electron chi connectivity index (χ2n) is 9.66. The number of aromatic nitrogens is 6. The van der Waals surface area contributed by atoms with Gasteiger partial charge in [0, 0.05) is 38.1 Å². The number of carbonyl (C=O) groups excluding carboxylic acids is 2. The predicted octanol–water partition coefficient (Wildman–Crippen LogP) is 3.08. The van der Waals surface area contributed by atoms with Gasteiger partial charge in [0.1, 0.15) is 0 Å². The van der Waals surface area contributed by atoms with Gasteiger partial charge >= 0.3 is 0 Å². The number of carbonyl (C=O) groups is 2. The smallest absolute Gasteiger partial charge is 0.294 e. The summed E-state index contributed by atoms with van der Waals surface area (Å²) in [5, 5.41) is 18.2. The summed E-state index contributed by atoms with van der Waals surface area (Å²) in [6.45, 7) is 3.63. The summed E-state index contributed by atoms with van der Waals surface area (Å²) >= 11 is 0. The summed E-state index contributed by atoms with van der Waals surface area (Å²) in [6.07, 6.45) is 7.94. The lowest BCUT2D eigenvalue weighted by Crippen LogP contribution is -2.37. The van der Waals surface area contributed by atoms with Crippen LogP contribution in [-0.4, -0.2) is 59.2 Å². The fourth-order valence-corrected chi connectivity index (χ4v) is 4.79. The minimum atomic E-state index is -0.433. The number of anilines is 2. The van der Waals surface area contributed by atoms with E-state index >= 15 is 0 Å². The summed E-state index contributed by atoms with van der Waals surface area (Å²) in [5.74, 6) is -0.427. The van der Waals surface area contributed by atoms with E-state index in [4.69, 9.17) is 0 Å². The van der Waals surface area contributed by atoms with Crippen LogP contribution in [-0.2, 0) is 24.8 Å². The molecular formula is C28H27N9O2. The molecule has 0 saturated heterocycles. The molecule has 2 N–H and O–H groups in total. The van der Waals surface area contributed by atoms with Gasteiger partial charge in [-0.15, -0.1) is 10.2 Å². The Kier molecular flexibility index (Phi) is 6.33. The summed E-state index contributed by atoms with van der Waals surface area (Å²) in [7, 11) is 1.85. The Hall–Kier alpha value is -4.90. The molecule has 39 heavy (non-hydrogen) atoms. The van der Waals surface area contributed by atoms with Crippen LogP contribution in [0.15, 0.2) is 67.3 Å². The number of benzene rings is 1. The third-order valence-electron chi connectivity index (χ3n) is 6.85. The van der Waals surface area contributed by atoms with Crippen LogP contribution in [0.2, 0.25) is 0 Å². The first kappa shape index (κ1) is 24.4. The first-order chi connectivity index (χ1) is 18.9. The lowest BCUT2D eigenvalue weighted by Gasteiger charge is -2.28. The van der Waals surface area contributed by atoms with Crippen molar-refractivity contribution in [1.29, 1.82) is 0 Å². The van der Waals surface area contributed by atoms with Crippen molar-refractivity contribution in [3.05, 3.63) is 89.9 Å². The molecule has 1 aromatic carbocycles. The molecule has 5 aromatic rings. The van der Waals surface area contributed by atoms with E-state index in [1.807, 2.05) is 37.5 Å². The second-order valence-corrected chi connectivity index (χ2v) is 9.66. The molecule has 0 unspecified atom stereocenters. The van der Waals surface area contributed by atoms with Crippen molar-refractivity contribution in [3.8, 4) is 11.1 Å². The van der Waals surface area contributed by atoms with Gasteiger partial charge in [0.2, 0.25) is 11.7 Å². The van der Waals surface area contributed by atoms with E-state index in [0.717, 1.165) is 30.6 Å². The molecule has 1 aliphatic rings. The SMILES string of the molecule is Cc1ncc(NC(=O)CN2CCc3ccccc3C2)cc1NC(=O)c1nnc2cc(-c3cnn(C)c3)ccn12. The monoisotopic (exact) mass is 521 g/mol. The van der Waals surface area contributed by atoms with Crippen LogP contribution in [0.3, 0.4) is 0 Å². The molecule has 0 fully saturated rings. The molecule has 0 aliphatic carbocycles. The zero-order valence-electron chi connectivity index (χ0n) is 21.6. The molecule has 0 saturated carbocycles. The molecule has 4 aromatic heterocycles. The number of aryl methyl sites for hydroxylation is 2. The summed E-state index contributed by atoms with van der Waals surface area (Å²) < 4.78 is 3.35. The minimum Gasteiger partial charge on any atom is -0.324 e. The Balaban J connectivity index is 1.13. The molecule has 1 aliphatic heterocycles. The first-order valence-corrected chi connectivity index (χ1v) is 12.6. The Morgan fingerprint density at radius 1 is 1.00 bits per heavy atom.